The van der Waals surface area contributed by atoms with Crippen molar-refractivity contribution in [2.24, 2.45) is 0 Å². The summed E-state index contributed by atoms with van der Waals surface area (Å²) in [5, 5.41) is 2.98. The molecular formula is C17H23N2O3+. The number of nitrogens with one attached hydrogen (secondary N) is 2. The van der Waals surface area contributed by atoms with Crippen molar-refractivity contribution in [3.63, 3.8) is 0 Å². The van der Waals surface area contributed by atoms with Crippen molar-refractivity contribution in [1.29, 1.82) is 0 Å². The molecule has 0 unspecified atom stereocenters. The Labute approximate surface area is 130 Å². The molecule has 0 aliphatic heterocycles. The van der Waals surface area contributed by atoms with Gasteiger partial charge in [-0.25, -0.2) is 0 Å². The van der Waals surface area contributed by atoms with Crippen LogP contribution in [0.15, 0.2) is 47.1 Å². The Hall–Kier alpha value is -2.27. The Kier molecular flexibility index (Phi) is 5.61. The average molecular weight is 303 g/mol. The summed E-state index contributed by atoms with van der Waals surface area (Å²) in [7, 11) is 5.71. The highest BCUT2D eigenvalue weighted by molar-refractivity contribution is 5.78. The maximum Gasteiger partial charge on any atom is 0.224 e. The number of benzene rings is 1. The predicted molar refractivity (Wildman–Crippen MR) is 84.0 cm³/mol. The molecule has 118 valence electrons. The van der Waals surface area contributed by atoms with E-state index in [0.29, 0.717) is 13.0 Å². The maximum absolute atomic E-state index is 12.1. The number of carbonyl (C=O) groups excluding carboxylic acids is 1. The van der Waals surface area contributed by atoms with Crippen LogP contribution in [-0.4, -0.2) is 33.7 Å². The number of hydrogen-bond acceptors (Lipinski definition) is 3. The van der Waals surface area contributed by atoms with Crippen molar-refractivity contribution in [2.45, 2.75) is 12.5 Å². The number of likely N-dealkylation sites (N-methyl/N-ethyl adjacent to an activating group) is 1. The van der Waals surface area contributed by atoms with Gasteiger partial charge in [-0.05, 0) is 29.8 Å². The summed E-state index contributed by atoms with van der Waals surface area (Å²) in [6, 6.07) is 11.4. The van der Waals surface area contributed by atoms with Crippen molar-refractivity contribution in [3.05, 3.63) is 54.0 Å². The fourth-order valence-corrected chi connectivity index (χ4v) is 2.29. The van der Waals surface area contributed by atoms with Gasteiger partial charge in [0, 0.05) is 0 Å². The molecular weight excluding hydrogens is 280 g/mol. The molecule has 2 rings (SSSR count). The Morgan fingerprint density at radius 1 is 1.27 bits per heavy atom. The Balaban J connectivity index is 1.88. The van der Waals surface area contributed by atoms with E-state index in [1.807, 2.05) is 50.5 Å². The van der Waals surface area contributed by atoms with E-state index in [9.17, 15) is 4.79 Å². The number of carbonyl (C=O) groups is 1. The van der Waals surface area contributed by atoms with Crippen molar-refractivity contribution in [2.75, 3.05) is 27.7 Å². The molecule has 0 saturated carbocycles. The lowest BCUT2D eigenvalue weighted by molar-refractivity contribution is -0.891. The van der Waals surface area contributed by atoms with Crippen LogP contribution in [0.4, 0.5) is 0 Å². The normalized spacial score (nSPS) is 12.2. The first-order chi connectivity index (χ1) is 10.6. The Bertz CT molecular complexity index is 576. The number of furan rings is 1. The Morgan fingerprint density at radius 2 is 2.00 bits per heavy atom. The average Bonchev–Trinajstić information content (AvgIpc) is 3.02. The minimum Gasteiger partial charge on any atom is -0.497 e. The molecule has 0 saturated heterocycles. The molecule has 0 aliphatic carbocycles. The largest absolute Gasteiger partial charge is 0.497 e. The smallest absolute Gasteiger partial charge is 0.224 e. The first kappa shape index (κ1) is 16.1. The van der Waals surface area contributed by atoms with Crippen LogP contribution in [0.3, 0.4) is 0 Å². The van der Waals surface area contributed by atoms with Crippen LogP contribution in [0.1, 0.15) is 17.4 Å². The van der Waals surface area contributed by atoms with Gasteiger partial charge in [-0.15, -0.1) is 0 Å². The summed E-state index contributed by atoms with van der Waals surface area (Å²) in [5.41, 5.74) is 0.963. The molecule has 0 bridgehead atoms. The van der Waals surface area contributed by atoms with Gasteiger partial charge in [-0.3, -0.25) is 4.79 Å². The van der Waals surface area contributed by atoms with E-state index in [0.717, 1.165) is 17.1 Å². The molecule has 2 aromatic rings. The van der Waals surface area contributed by atoms with Gasteiger partial charge >= 0.3 is 0 Å². The summed E-state index contributed by atoms with van der Waals surface area (Å²) < 4.78 is 10.6. The van der Waals surface area contributed by atoms with Gasteiger partial charge in [0.2, 0.25) is 5.91 Å². The third-order valence-electron chi connectivity index (χ3n) is 3.61. The van der Waals surface area contributed by atoms with E-state index in [4.69, 9.17) is 9.15 Å². The van der Waals surface area contributed by atoms with Gasteiger partial charge in [-0.2, -0.15) is 0 Å². The fourth-order valence-electron chi connectivity index (χ4n) is 2.29. The van der Waals surface area contributed by atoms with Crippen LogP contribution in [0.25, 0.3) is 0 Å². The molecule has 1 atom stereocenters. The SMILES string of the molecule is COc1ccc(CC(=O)NC[C@H](c2ccco2)[NH+](C)C)cc1. The lowest BCUT2D eigenvalue weighted by Crippen LogP contribution is -3.07. The van der Waals surface area contributed by atoms with Gasteiger partial charge in [0.15, 0.2) is 11.8 Å². The predicted octanol–water partition coefficient (Wildman–Crippen LogP) is 0.833. The van der Waals surface area contributed by atoms with Gasteiger partial charge < -0.3 is 19.4 Å². The number of methoxy groups -OCH3 is 1. The van der Waals surface area contributed by atoms with E-state index >= 15 is 0 Å². The van der Waals surface area contributed by atoms with E-state index in [1.54, 1.807) is 13.4 Å². The van der Waals surface area contributed by atoms with Gasteiger partial charge in [0.1, 0.15) is 5.75 Å². The van der Waals surface area contributed by atoms with E-state index < -0.39 is 0 Å². The fraction of sp³-hybridized carbons (Fsp3) is 0.353. The second-order valence-corrected chi connectivity index (χ2v) is 5.47. The van der Waals surface area contributed by atoms with Crippen LogP contribution in [0.2, 0.25) is 0 Å². The van der Waals surface area contributed by atoms with Crippen molar-refractivity contribution < 1.29 is 18.8 Å². The van der Waals surface area contributed by atoms with Crippen LogP contribution < -0.4 is 15.0 Å². The van der Waals surface area contributed by atoms with Crippen molar-refractivity contribution >= 4 is 5.91 Å². The summed E-state index contributed by atoms with van der Waals surface area (Å²) in [5.74, 6) is 1.67. The summed E-state index contributed by atoms with van der Waals surface area (Å²) in [6.07, 6.45) is 2.02. The Morgan fingerprint density at radius 3 is 2.55 bits per heavy atom. The van der Waals surface area contributed by atoms with Gasteiger partial charge in [0.05, 0.1) is 40.4 Å². The molecule has 5 nitrogen and oxygen atoms in total. The highest BCUT2D eigenvalue weighted by Gasteiger charge is 2.21. The summed E-state index contributed by atoms with van der Waals surface area (Å²) >= 11 is 0. The number of amides is 1. The van der Waals surface area contributed by atoms with Crippen LogP contribution in [0.5, 0.6) is 5.75 Å². The standard InChI is InChI=1S/C17H22N2O3/c1-19(2)15(16-5-4-10-22-16)12-18-17(20)11-13-6-8-14(21-3)9-7-13/h4-10,15H,11-12H2,1-3H3,(H,18,20)/p+1/t15-/m1/s1. The topological polar surface area (TPSA) is 55.9 Å². The lowest BCUT2D eigenvalue weighted by Gasteiger charge is -2.19. The zero-order valence-corrected chi connectivity index (χ0v) is 13.3. The molecule has 1 aromatic heterocycles. The van der Waals surface area contributed by atoms with Crippen molar-refractivity contribution in [3.8, 4) is 5.75 Å². The highest BCUT2D eigenvalue weighted by atomic mass is 16.5. The quantitative estimate of drug-likeness (QED) is 0.797. The number of ether oxygens (including phenoxy) is 1. The van der Waals surface area contributed by atoms with Crippen LogP contribution in [-0.2, 0) is 11.2 Å². The molecule has 5 heteroatoms. The zero-order chi connectivity index (χ0) is 15.9. The lowest BCUT2D eigenvalue weighted by atomic mass is 10.1. The second kappa shape index (κ2) is 7.66. The zero-order valence-electron chi connectivity index (χ0n) is 13.3. The molecule has 2 N–H and O–H groups in total. The minimum atomic E-state index is 0.00275. The van der Waals surface area contributed by atoms with E-state index in [2.05, 4.69) is 5.32 Å². The monoisotopic (exact) mass is 303 g/mol. The van der Waals surface area contributed by atoms with E-state index in [-0.39, 0.29) is 11.9 Å². The third kappa shape index (κ3) is 4.36. The van der Waals surface area contributed by atoms with Crippen LogP contribution >= 0.6 is 0 Å². The van der Waals surface area contributed by atoms with Gasteiger partial charge in [0.25, 0.3) is 0 Å². The molecule has 1 heterocycles. The van der Waals surface area contributed by atoms with Crippen LogP contribution in [0, 0.1) is 0 Å². The number of quaternary nitrogens is 1. The molecule has 0 aliphatic rings. The van der Waals surface area contributed by atoms with Gasteiger partial charge in [-0.1, -0.05) is 12.1 Å². The second-order valence-electron chi connectivity index (χ2n) is 5.47. The third-order valence-corrected chi connectivity index (χ3v) is 3.61. The summed E-state index contributed by atoms with van der Waals surface area (Å²) in [6.45, 7) is 0.546. The first-order valence-corrected chi connectivity index (χ1v) is 7.33. The first-order valence-electron chi connectivity index (χ1n) is 7.33. The molecule has 1 amide bonds. The van der Waals surface area contributed by atoms with E-state index in [1.165, 1.54) is 4.90 Å². The molecule has 0 radical (unpaired) electrons. The summed E-state index contributed by atoms with van der Waals surface area (Å²) in [4.78, 5) is 13.3. The molecule has 1 aromatic carbocycles. The van der Waals surface area contributed by atoms with Crippen molar-refractivity contribution in [1.82, 2.24) is 5.32 Å². The maximum atomic E-state index is 12.1. The minimum absolute atomic E-state index is 0.00275. The highest BCUT2D eigenvalue weighted by Crippen LogP contribution is 2.12. The molecule has 0 fully saturated rings. The number of hydrogen-bond donors (Lipinski definition) is 2. The molecule has 22 heavy (non-hydrogen) atoms. The molecule has 0 spiro atoms. The number of rotatable bonds is 7.